The molecule has 0 aromatic heterocycles. The lowest BCUT2D eigenvalue weighted by atomic mass is 10.00. The summed E-state index contributed by atoms with van der Waals surface area (Å²) in [6.45, 7) is -0.0555. The molecule has 1 aliphatic heterocycles. The average molecular weight is 262 g/mol. The third-order valence-electron chi connectivity index (χ3n) is 2.10. The number of Topliss-reactive ketones (excluding diaryl/α,β-unsaturated/α-hetero) is 1. The maximum atomic E-state index is 12.2. The van der Waals surface area contributed by atoms with Crippen molar-refractivity contribution in [1.82, 2.24) is 0 Å². The highest BCUT2D eigenvalue weighted by Gasteiger charge is 2.61. The number of alkyl halides is 6. The van der Waals surface area contributed by atoms with Crippen molar-refractivity contribution in [2.75, 3.05) is 6.61 Å². The zero-order valence-corrected chi connectivity index (χ0v) is 8.36. The van der Waals surface area contributed by atoms with Crippen LogP contribution in [0.2, 0.25) is 0 Å². The van der Waals surface area contributed by atoms with Gasteiger partial charge in [0.25, 0.3) is 0 Å². The first kappa shape index (κ1) is 13.9. The molecule has 98 valence electrons. The van der Waals surface area contributed by atoms with Gasteiger partial charge in [0.05, 0.1) is 6.61 Å². The Balaban J connectivity index is 2.99. The van der Waals surface area contributed by atoms with Crippen LogP contribution in [0.4, 0.5) is 26.3 Å². The smallest absolute Gasteiger partial charge is 0.407 e. The van der Waals surface area contributed by atoms with Gasteiger partial charge in [0.15, 0.2) is 5.76 Å². The number of ketones is 1. The molecule has 0 N–H and O–H groups in total. The van der Waals surface area contributed by atoms with E-state index in [1.807, 2.05) is 0 Å². The van der Waals surface area contributed by atoms with Crippen LogP contribution in [-0.4, -0.2) is 24.7 Å². The van der Waals surface area contributed by atoms with Crippen molar-refractivity contribution in [2.45, 2.75) is 25.2 Å². The quantitative estimate of drug-likeness (QED) is 0.715. The van der Waals surface area contributed by atoms with E-state index in [0.29, 0.717) is 6.42 Å². The SMILES string of the molecule is O=C(C1=CCCCO1)C(C(F)(F)F)C(F)(F)F. The Bertz CT molecular complexity index is 313. The van der Waals surface area contributed by atoms with Gasteiger partial charge in [-0.15, -0.1) is 0 Å². The van der Waals surface area contributed by atoms with Crippen LogP contribution in [0.1, 0.15) is 12.8 Å². The van der Waals surface area contributed by atoms with Crippen molar-refractivity contribution >= 4 is 5.78 Å². The number of hydrogen-bond acceptors (Lipinski definition) is 2. The summed E-state index contributed by atoms with van der Waals surface area (Å²) >= 11 is 0. The summed E-state index contributed by atoms with van der Waals surface area (Å²) in [5.41, 5.74) is 0. The van der Waals surface area contributed by atoms with Gasteiger partial charge in [-0.25, -0.2) is 0 Å². The second kappa shape index (κ2) is 4.58. The Hall–Kier alpha value is -1.21. The van der Waals surface area contributed by atoms with Crippen LogP contribution in [0.5, 0.6) is 0 Å². The highest BCUT2D eigenvalue weighted by atomic mass is 19.4. The first-order valence-corrected chi connectivity index (χ1v) is 4.64. The summed E-state index contributed by atoms with van der Waals surface area (Å²) in [7, 11) is 0. The Morgan fingerprint density at radius 2 is 1.71 bits per heavy atom. The Morgan fingerprint density at radius 1 is 1.18 bits per heavy atom. The number of hydrogen-bond donors (Lipinski definition) is 0. The topological polar surface area (TPSA) is 26.3 Å². The lowest BCUT2D eigenvalue weighted by molar-refractivity contribution is -0.273. The lowest BCUT2D eigenvalue weighted by Crippen LogP contribution is -2.43. The molecule has 0 amide bonds. The second-order valence-corrected chi connectivity index (χ2v) is 3.44. The molecule has 0 aliphatic carbocycles. The number of halogens is 6. The maximum Gasteiger partial charge on any atom is 0.407 e. The molecule has 0 fully saturated rings. The third kappa shape index (κ3) is 3.37. The van der Waals surface area contributed by atoms with Crippen LogP contribution in [-0.2, 0) is 9.53 Å². The molecule has 0 aromatic carbocycles. The fourth-order valence-corrected chi connectivity index (χ4v) is 1.35. The van der Waals surface area contributed by atoms with Crippen molar-refractivity contribution in [3.8, 4) is 0 Å². The molecule has 0 spiro atoms. The molecule has 0 atom stereocenters. The summed E-state index contributed by atoms with van der Waals surface area (Å²) in [6.07, 6.45) is -9.70. The standard InChI is InChI=1S/C9H8F6O2/c10-8(11,12)7(9(13,14)15)6(16)5-3-1-2-4-17-5/h3,7H,1-2,4H2. The zero-order valence-electron chi connectivity index (χ0n) is 8.36. The number of carbonyl (C=O) groups is 1. The van der Waals surface area contributed by atoms with E-state index in [-0.39, 0.29) is 13.0 Å². The minimum atomic E-state index is -5.67. The van der Waals surface area contributed by atoms with Crippen LogP contribution in [0.25, 0.3) is 0 Å². The number of allylic oxidation sites excluding steroid dienone is 2. The molecule has 1 aliphatic rings. The average Bonchev–Trinajstić information content (AvgIpc) is 2.14. The highest BCUT2D eigenvalue weighted by Crippen LogP contribution is 2.41. The molecule has 1 heterocycles. The molecule has 2 nitrogen and oxygen atoms in total. The van der Waals surface area contributed by atoms with Crippen molar-refractivity contribution < 1.29 is 35.9 Å². The third-order valence-corrected chi connectivity index (χ3v) is 2.10. The van der Waals surface area contributed by atoms with Crippen LogP contribution in [0.3, 0.4) is 0 Å². The summed E-state index contributed by atoms with van der Waals surface area (Å²) in [6, 6.07) is 0. The summed E-state index contributed by atoms with van der Waals surface area (Å²) in [4.78, 5) is 11.2. The minimum Gasteiger partial charge on any atom is -0.490 e. The maximum absolute atomic E-state index is 12.2. The molecule has 0 saturated carbocycles. The fourth-order valence-electron chi connectivity index (χ4n) is 1.35. The van der Waals surface area contributed by atoms with E-state index >= 15 is 0 Å². The molecule has 0 unspecified atom stereocenters. The summed E-state index contributed by atoms with van der Waals surface area (Å²) in [5, 5.41) is 0. The van der Waals surface area contributed by atoms with Crippen molar-refractivity contribution in [1.29, 1.82) is 0 Å². The van der Waals surface area contributed by atoms with Crippen LogP contribution in [0, 0.1) is 5.92 Å². The molecular formula is C9H8F6O2. The van der Waals surface area contributed by atoms with E-state index in [2.05, 4.69) is 4.74 Å². The predicted octanol–water partition coefficient (Wildman–Crippen LogP) is 2.99. The molecule has 17 heavy (non-hydrogen) atoms. The monoisotopic (exact) mass is 262 g/mol. The van der Waals surface area contributed by atoms with Gasteiger partial charge in [-0.05, 0) is 18.9 Å². The largest absolute Gasteiger partial charge is 0.490 e. The normalized spacial score (nSPS) is 17.7. The van der Waals surface area contributed by atoms with Crippen molar-refractivity contribution in [3.63, 3.8) is 0 Å². The number of ether oxygens (including phenoxy) is 1. The van der Waals surface area contributed by atoms with Gasteiger partial charge >= 0.3 is 12.4 Å². The van der Waals surface area contributed by atoms with Crippen LogP contribution >= 0.6 is 0 Å². The fraction of sp³-hybridized carbons (Fsp3) is 0.667. The van der Waals surface area contributed by atoms with Crippen LogP contribution < -0.4 is 0 Å². The summed E-state index contributed by atoms with van der Waals surface area (Å²) < 4.78 is 77.7. The van der Waals surface area contributed by atoms with Gasteiger partial charge in [-0.3, -0.25) is 4.79 Å². The van der Waals surface area contributed by atoms with Gasteiger partial charge in [0.1, 0.15) is 0 Å². The van der Waals surface area contributed by atoms with Gasteiger partial charge in [0.2, 0.25) is 11.7 Å². The molecule has 0 saturated heterocycles. The summed E-state index contributed by atoms with van der Waals surface area (Å²) in [5.74, 6) is -6.94. The van der Waals surface area contributed by atoms with Gasteiger partial charge in [-0.2, -0.15) is 26.3 Å². The van der Waals surface area contributed by atoms with E-state index < -0.39 is 29.8 Å². The molecular weight excluding hydrogens is 254 g/mol. The lowest BCUT2D eigenvalue weighted by Gasteiger charge is -2.23. The first-order chi connectivity index (χ1) is 7.64. The van der Waals surface area contributed by atoms with E-state index in [4.69, 9.17) is 0 Å². The zero-order chi connectivity index (χ0) is 13.3. The highest BCUT2D eigenvalue weighted by molar-refractivity contribution is 5.96. The van der Waals surface area contributed by atoms with E-state index in [0.717, 1.165) is 6.08 Å². The molecule has 1 rings (SSSR count). The van der Waals surface area contributed by atoms with E-state index in [9.17, 15) is 31.1 Å². The molecule has 0 bridgehead atoms. The first-order valence-electron chi connectivity index (χ1n) is 4.64. The van der Waals surface area contributed by atoms with E-state index in [1.165, 1.54) is 0 Å². The molecule has 0 aromatic rings. The van der Waals surface area contributed by atoms with Gasteiger partial charge in [-0.1, -0.05) is 0 Å². The van der Waals surface area contributed by atoms with Crippen molar-refractivity contribution in [2.24, 2.45) is 5.92 Å². The van der Waals surface area contributed by atoms with Crippen molar-refractivity contribution in [3.05, 3.63) is 11.8 Å². The molecule has 0 radical (unpaired) electrons. The van der Waals surface area contributed by atoms with Crippen LogP contribution in [0.15, 0.2) is 11.8 Å². The number of rotatable bonds is 2. The van der Waals surface area contributed by atoms with Gasteiger partial charge < -0.3 is 4.74 Å². The van der Waals surface area contributed by atoms with Gasteiger partial charge in [0, 0.05) is 0 Å². The predicted molar refractivity (Wildman–Crippen MR) is 43.9 cm³/mol. The minimum absolute atomic E-state index is 0.0555. The Morgan fingerprint density at radius 3 is 2.06 bits per heavy atom. The Labute approximate surface area is 92.2 Å². The second-order valence-electron chi connectivity index (χ2n) is 3.44. The molecule has 8 heteroatoms. The number of carbonyl (C=O) groups excluding carboxylic acids is 1. The van der Waals surface area contributed by atoms with E-state index in [1.54, 1.807) is 0 Å². The Kier molecular flexibility index (Phi) is 3.73.